The van der Waals surface area contributed by atoms with Crippen LogP contribution in [-0.2, 0) is 0 Å². The Bertz CT molecular complexity index is 286. The normalized spacial score (nSPS) is 11.1. The van der Waals surface area contributed by atoms with Crippen molar-refractivity contribution in [1.82, 2.24) is 14.1 Å². The third kappa shape index (κ3) is 0.698. The van der Waals surface area contributed by atoms with Crippen LogP contribution in [0.4, 0.5) is 0 Å². The quantitative estimate of drug-likeness (QED) is 0.548. The Labute approximate surface area is 53.5 Å². The van der Waals surface area contributed by atoms with Gasteiger partial charge in [0.15, 0.2) is 0 Å². The number of fused-ring (bicyclic) bond motifs is 1. The summed E-state index contributed by atoms with van der Waals surface area (Å²) in [5, 5.41) is 0. The van der Waals surface area contributed by atoms with E-state index < -0.39 is 0 Å². The monoisotopic (exact) mass is 137 g/mol. The molecule has 0 atom stereocenters. The van der Waals surface area contributed by atoms with Gasteiger partial charge >= 0.3 is 0 Å². The van der Waals surface area contributed by atoms with Gasteiger partial charge in [0.2, 0.25) is 5.78 Å². The molecular formula is C5H4N3P. The van der Waals surface area contributed by atoms with E-state index >= 15 is 0 Å². The number of rotatable bonds is 0. The van der Waals surface area contributed by atoms with Crippen molar-refractivity contribution in [2.45, 2.75) is 0 Å². The van der Waals surface area contributed by atoms with Gasteiger partial charge in [-0.05, 0) is 6.07 Å². The van der Waals surface area contributed by atoms with E-state index in [0.29, 0.717) is 0 Å². The molecule has 0 fully saturated rings. The van der Waals surface area contributed by atoms with Crippen LogP contribution in [-0.4, -0.2) is 14.1 Å². The molecule has 0 saturated carbocycles. The van der Waals surface area contributed by atoms with E-state index in [4.69, 9.17) is 0 Å². The number of hydrogen-bond donors (Lipinski definition) is 0. The minimum absolute atomic E-state index is 0.791. The molecule has 44 valence electrons. The first kappa shape index (κ1) is 4.89. The summed E-state index contributed by atoms with van der Waals surface area (Å²) in [5.41, 5.74) is 0. The lowest BCUT2D eigenvalue weighted by Gasteiger charge is -1.85. The molecule has 0 unspecified atom stereocenters. The maximum atomic E-state index is 4.07. The predicted octanol–water partition coefficient (Wildman–Crippen LogP) is 1.31. The van der Waals surface area contributed by atoms with Crippen LogP contribution in [0.5, 0.6) is 0 Å². The molecule has 0 saturated heterocycles. The van der Waals surface area contributed by atoms with Gasteiger partial charge < -0.3 is 0 Å². The predicted molar refractivity (Wildman–Crippen MR) is 35.5 cm³/mol. The summed E-state index contributed by atoms with van der Waals surface area (Å²) in [4.78, 5) is 4.02. The van der Waals surface area contributed by atoms with E-state index in [-0.39, 0.29) is 0 Å². The van der Waals surface area contributed by atoms with Crippen LogP contribution >= 0.6 is 8.35 Å². The molecule has 0 bridgehead atoms. The van der Waals surface area contributed by atoms with Crippen molar-refractivity contribution in [3.63, 3.8) is 0 Å². The fourth-order valence-corrected chi connectivity index (χ4v) is 1.28. The second-order valence-electron chi connectivity index (χ2n) is 1.66. The van der Waals surface area contributed by atoms with Gasteiger partial charge in [-0.3, -0.25) is 4.40 Å². The highest BCUT2D eigenvalue weighted by atomic mass is 31.0. The van der Waals surface area contributed by atoms with Crippen LogP contribution in [0.25, 0.3) is 5.78 Å². The molecule has 4 heteroatoms. The summed E-state index contributed by atoms with van der Waals surface area (Å²) in [7, 11) is 0.975. The Morgan fingerprint density at radius 1 is 1.56 bits per heavy atom. The SMILES string of the molecule is c1cnc2npcn2c1. The van der Waals surface area contributed by atoms with Gasteiger partial charge in [0.1, 0.15) is 0 Å². The van der Waals surface area contributed by atoms with Crippen LogP contribution in [0.3, 0.4) is 0 Å². The van der Waals surface area contributed by atoms with Gasteiger partial charge in [0.25, 0.3) is 0 Å². The molecule has 2 rings (SSSR count). The van der Waals surface area contributed by atoms with Gasteiger partial charge in [-0.1, -0.05) is 0 Å². The van der Waals surface area contributed by atoms with E-state index in [1.54, 1.807) is 6.20 Å². The molecular weight excluding hydrogens is 133 g/mol. The van der Waals surface area contributed by atoms with Crippen molar-refractivity contribution in [3.8, 4) is 0 Å². The summed E-state index contributed by atoms with van der Waals surface area (Å²) >= 11 is 0. The van der Waals surface area contributed by atoms with Gasteiger partial charge in [-0.15, -0.1) is 0 Å². The van der Waals surface area contributed by atoms with E-state index in [1.165, 1.54) is 0 Å². The Morgan fingerprint density at radius 2 is 2.56 bits per heavy atom. The van der Waals surface area contributed by atoms with Gasteiger partial charge in [0.05, 0.1) is 14.3 Å². The molecule has 9 heavy (non-hydrogen) atoms. The van der Waals surface area contributed by atoms with Crippen molar-refractivity contribution >= 4 is 14.1 Å². The summed E-state index contributed by atoms with van der Waals surface area (Å²) < 4.78 is 5.97. The topological polar surface area (TPSA) is 30.2 Å². The van der Waals surface area contributed by atoms with Gasteiger partial charge in [-0.25, -0.2) is 4.98 Å². The Balaban J connectivity index is 2.95. The fourth-order valence-electron chi connectivity index (χ4n) is 0.675. The molecule has 0 radical (unpaired) electrons. The zero-order valence-corrected chi connectivity index (χ0v) is 5.49. The maximum absolute atomic E-state index is 4.07. The highest BCUT2D eigenvalue weighted by Crippen LogP contribution is 2.02. The Hall–Kier alpha value is -0.950. The fraction of sp³-hybridized carbons (Fsp3) is 0. The second kappa shape index (κ2) is 1.78. The third-order valence-corrected chi connectivity index (χ3v) is 1.72. The number of aromatic nitrogens is 3. The van der Waals surface area contributed by atoms with Crippen molar-refractivity contribution in [2.75, 3.05) is 0 Å². The highest BCUT2D eigenvalue weighted by Gasteiger charge is 1.88. The summed E-state index contributed by atoms with van der Waals surface area (Å²) in [6.45, 7) is 0. The molecule has 0 aliphatic carbocycles. The van der Waals surface area contributed by atoms with Crippen LogP contribution in [0.1, 0.15) is 0 Å². The maximum Gasteiger partial charge on any atom is 0.238 e. The van der Waals surface area contributed by atoms with E-state index in [9.17, 15) is 0 Å². The van der Waals surface area contributed by atoms with Gasteiger partial charge in [0, 0.05) is 12.4 Å². The van der Waals surface area contributed by atoms with Gasteiger partial charge in [-0.2, -0.15) is 4.75 Å². The Morgan fingerprint density at radius 3 is 3.44 bits per heavy atom. The summed E-state index contributed by atoms with van der Waals surface area (Å²) in [6.07, 6.45) is 3.68. The smallest absolute Gasteiger partial charge is 0.238 e. The van der Waals surface area contributed by atoms with E-state index in [2.05, 4.69) is 9.73 Å². The average Bonchev–Trinajstić information content (AvgIpc) is 2.33. The summed E-state index contributed by atoms with van der Waals surface area (Å²) in [5.74, 6) is 2.75. The zero-order chi connectivity index (χ0) is 6.10. The second-order valence-corrected chi connectivity index (χ2v) is 2.32. The summed E-state index contributed by atoms with van der Waals surface area (Å²) in [6, 6.07) is 1.89. The largest absolute Gasteiger partial charge is 0.287 e. The van der Waals surface area contributed by atoms with Crippen LogP contribution < -0.4 is 0 Å². The van der Waals surface area contributed by atoms with Crippen molar-refractivity contribution < 1.29 is 0 Å². The van der Waals surface area contributed by atoms with E-state index in [1.807, 2.05) is 22.6 Å². The van der Waals surface area contributed by atoms with Crippen molar-refractivity contribution in [1.29, 1.82) is 0 Å². The zero-order valence-electron chi connectivity index (χ0n) is 4.60. The van der Waals surface area contributed by atoms with Crippen LogP contribution in [0.2, 0.25) is 0 Å². The molecule has 2 heterocycles. The van der Waals surface area contributed by atoms with Crippen LogP contribution in [0, 0.1) is 0 Å². The number of nitrogens with zero attached hydrogens (tertiary/aromatic N) is 3. The molecule has 0 aromatic carbocycles. The molecule has 0 spiro atoms. The minimum Gasteiger partial charge on any atom is -0.287 e. The first-order chi connectivity index (χ1) is 4.47. The van der Waals surface area contributed by atoms with Crippen LogP contribution in [0.15, 0.2) is 24.4 Å². The molecule has 0 aliphatic heterocycles. The standard InChI is InChI=1S/C5H4N3P/c1-2-6-5-7-9-4-8(5)3-1/h1-4H. The van der Waals surface area contributed by atoms with Crippen molar-refractivity contribution in [3.05, 3.63) is 24.4 Å². The molecule has 3 nitrogen and oxygen atoms in total. The lowest BCUT2D eigenvalue weighted by Crippen LogP contribution is -1.82. The lowest BCUT2D eigenvalue weighted by atomic mass is 10.7. The third-order valence-electron chi connectivity index (χ3n) is 1.08. The molecule has 2 aromatic heterocycles. The minimum atomic E-state index is 0.791. The Kier molecular flexibility index (Phi) is 0.965. The highest BCUT2D eigenvalue weighted by molar-refractivity contribution is 7.24. The average molecular weight is 137 g/mol. The molecule has 2 aromatic rings. The van der Waals surface area contributed by atoms with E-state index in [0.717, 1.165) is 14.1 Å². The number of hydrogen-bond acceptors (Lipinski definition) is 2. The first-order valence-electron chi connectivity index (χ1n) is 2.57. The van der Waals surface area contributed by atoms with Crippen molar-refractivity contribution in [2.24, 2.45) is 0 Å². The molecule has 0 amide bonds. The molecule has 0 N–H and O–H groups in total. The lowest BCUT2D eigenvalue weighted by molar-refractivity contribution is 1.11. The molecule has 0 aliphatic rings. The first-order valence-corrected chi connectivity index (χ1v) is 3.49.